The van der Waals surface area contributed by atoms with E-state index in [1.165, 1.54) is 5.56 Å². The van der Waals surface area contributed by atoms with Gasteiger partial charge in [0.2, 0.25) is 0 Å². The van der Waals surface area contributed by atoms with Crippen molar-refractivity contribution in [3.05, 3.63) is 102 Å². The summed E-state index contributed by atoms with van der Waals surface area (Å²) in [6.45, 7) is 6.52. The van der Waals surface area contributed by atoms with Crippen molar-refractivity contribution in [3.63, 3.8) is 0 Å². The van der Waals surface area contributed by atoms with E-state index in [1.807, 2.05) is 36.4 Å². The highest BCUT2D eigenvalue weighted by molar-refractivity contribution is 5.75. The molecular formula is C28H30N4O. The van der Waals surface area contributed by atoms with Crippen LogP contribution in [-0.2, 0) is 13.3 Å². The molecule has 0 aliphatic carbocycles. The molecule has 1 saturated heterocycles. The van der Waals surface area contributed by atoms with E-state index in [0.29, 0.717) is 6.61 Å². The SMILES string of the molecule is C(=Cc1ccccc1)CN1CCN(Cn2c(COc3ccccc3)nc3ccccc32)CC1. The molecule has 33 heavy (non-hydrogen) atoms. The second-order valence-electron chi connectivity index (χ2n) is 8.42. The number of rotatable bonds is 8. The second-order valence-corrected chi connectivity index (χ2v) is 8.42. The smallest absolute Gasteiger partial charge is 0.149 e. The summed E-state index contributed by atoms with van der Waals surface area (Å²) in [7, 11) is 0. The zero-order valence-electron chi connectivity index (χ0n) is 18.9. The molecule has 5 nitrogen and oxygen atoms in total. The fourth-order valence-electron chi connectivity index (χ4n) is 4.27. The lowest BCUT2D eigenvalue weighted by Crippen LogP contribution is -2.46. The highest BCUT2D eigenvalue weighted by Gasteiger charge is 2.19. The lowest BCUT2D eigenvalue weighted by atomic mass is 10.2. The predicted molar refractivity (Wildman–Crippen MR) is 134 cm³/mol. The van der Waals surface area contributed by atoms with Crippen LogP contribution in [-0.4, -0.2) is 52.1 Å². The molecule has 0 atom stereocenters. The van der Waals surface area contributed by atoms with Crippen molar-refractivity contribution in [3.8, 4) is 5.75 Å². The number of hydrogen-bond acceptors (Lipinski definition) is 4. The standard InChI is InChI=1S/C28H30N4O/c1-3-10-24(11-4-1)12-9-17-30-18-20-31(21-19-30)23-32-27-16-8-7-15-26(27)29-28(32)22-33-25-13-5-2-6-14-25/h1-16H,17-23H2. The minimum absolute atomic E-state index is 0.461. The second kappa shape index (κ2) is 10.5. The predicted octanol–water partition coefficient (Wildman–Crippen LogP) is 4.90. The number of hydrogen-bond donors (Lipinski definition) is 0. The monoisotopic (exact) mass is 438 g/mol. The summed E-state index contributed by atoms with van der Waals surface area (Å²) in [6, 6.07) is 28.8. The topological polar surface area (TPSA) is 33.5 Å². The van der Waals surface area contributed by atoms with Gasteiger partial charge in [-0.3, -0.25) is 9.80 Å². The molecule has 168 valence electrons. The minimum Gasteiger partial charge on any atom is -0.486 e. The summed E-state index contributed by atoms with van der Waals surface area (Å²) in [5, 5.41) is 0. The average Bonchev–Trinajstić information content (AvgIpc) is 3.22. The molecule has 3 aromatic carbocycles. The van der Waals surface area contributed by atoms with E-state index in [2.05, 4.69) is 75.0 Å². The first-order valence-electron chi connectivity index (χ1n) is 11.6. The van der Waals surface area contributed by atoms with Crippen molar-refractivity contribution in [2.24, 2.45) is 0 Å². The summed E-state index contributed by atoms with van der Waals surface area (Å²) in [4.78, 5) is 9.90. The van der Waals surface area contributed by atoms with Crippen LogP contribution >= 0.6 is 0 Å². The molecule has 5 rings (SSSR count). The molecule has 0 saturated carbocycles. The number of aromatic nitrogens is 2. The minimum atomic E-state index is 0.461. The van der Waals surface area contributed by atoms with E-state index in [-0.39, 0.29) is 0 Å². The number of ether oxygens (including phenoxy) is 1. The van der Waals surface area contributed by atoms with Gasteiger partial charge in [0.1, 0.15) is 18.2 Å². The van der Waals surface area contributed by atoms with Gasteiger partial charge in [-0.25, -0.2) is 4.98 Å². The Balaban J connectivity index is 1.21. The zero-order chi connectivity index (χ0) is 22.3. The largest absolute Gasteiger partial charge is 0.486 e. The van der Waals surface area contributed by atoms with E-state index < -0.39 is 0 Å². The van der Waals surface area contributed by atoms with Crippen LogP contribution in [0.15, 0.2) is 91.0 Å². The van der Waals surface area contributed by atoms with Crippen molar-refractivity contribution < 1.29 is 4.74 Å². The Kier molecular flexibility index (Phi) is 6.80. The van der Waals surface area contributed by atoms with Crippen LogP contribution in [0.5, 0.6) is 5.75 Å². The third-order valence-electron chi connectivity index (χ3n) is 6.12. The van der Waals surface area contributed by atoms with E-state index in [9.17, 15) is 0 Å². The molecule has 0 amide bonds. The molecule has 0 unspecified atom stereocenters. The third-order valence-corrected chi connectivity index (χ3v) is 6.12. The Labute approximate surface area is 195 Å². The van der Waals surface area contributed by atoms with E-state index in [1.54, 1.807) is 0 Å². The quantitative estimate of drug-likeness (QED) is 0.392. The molecule has 2 heterocycles. The number of nitrogens with zero attached hydrogens (tertiary/aromatic N) is 4. The van der Waals surface area contributed by atoms with Crippen molar-refractivity contribution >= 4 is 17.1 Å². The highest BCUT2D eigenvalue weighted by atomic mass is 16.5. The van der Waals surface area contributed by atoms with Crippen LogP contribution in [0.1, 0.15) is 11.4 Å². The van der Waals surface area contributed by atoms with Crippen LogP contribution < -0.4 is 4.74 Å². The molecule has 1 fully saturated rings. The van der Waals surface area contributed by atoms with Gasteiger partial charge in [-0.15, -0.1) is 0 Å². The van der Waals surface area contributed by atoms with Gasteiger partial charge in [-0.2, -0.15) is 0 Å². The molecule has 0 N–H and O–H groups in total. The molecule has 0 radical (unpaired) electrons. The number of benzene rings is 3. The number of fused-ring (bicyclic) bond motifs is 1. The summed E-state index contributed by atoms with van der Waals surface area (Å²) >= 11 is 0. The van der Waals surface area contributed by atoms with Gasteiger partial charge < -0.3 is 9.30 Å². The molecule has 0 bridgehead atoms. The van der Waals surface area contributed by atoms with Crippen LogP contribution in [0.2, 0.25) is 0 Å². The average molecular weight is 439 g/mol. The first kappa shape index (κ1) is 21.4. The lowest BCUT2D eigenvalue weighted by Gasteiger charge is -2.34. The van der Waals surface area contributed by atoms with Gasteiger partial charge in [0.25, 0.3) is 0 Å². The van der Waals surface area contributed by atoms with Gasteiger partial charge in [0, 0.05) is 32.7 Å². The normalized spacial score (nSPS) is 15.4. The van der Waals surface area contributed by atoms with E-state index in [4.69, 9.17) is 9.72 Å². The maximum atomic E-state index is 6.03. The van der Waals surface area contributed by atoms with Crippen LogP contribution in [0.4, 0.5) is 0 Å². The Hall–Kier alpha value is -3.41. The molecule has 5 heteroatoms. The third kappa shape index (κ3) is 5.51. The van der Waals surface area contributed by atoms with Crippen LogP contribution in [0, 0.1) is 0 Å². The van der Waals surface area contributed by atoms with Crippen molar-refractivity contribution in [1.82, 2.24) is 19.4 Å². The summed E-state index contributed by atoms with van der Waals surface area (Å²) in [5.74, 6) is 1.83. The Morgan fingerprint density at radius 2 is 1.42 bits per heavy atom. The van der Waals surface area contributed by atoms with Gasteiger partial charge in [0.05, 0.1) is 17.7 Å². The number of imidazole rings is 1. The van der Waals surface area contributed by atoms with E-state index in [0.717, 1.165) is 62.0 Å². The van der Waals surface area contributed by atoms with Crippen molar-refractivity contribution in [1.29, 1.82) is 0 Å². The molecule has 1 aromatic heterocycles. The Morgan fingerprint density at radius 1 is 0.758 bits per heavy atom. The van der Waals surface area contributed by atoms with E-state index >= 15 is 0 Å². The Morgan fingerprint density at radius 3 is 2.21 bits per heavy atom. The highest BCUT2D eigenvalue weighted by Crippen LogP contribution is 2.19. The molecular weight excluding hydrogens is 408 g/mol. The van der Waals surface area contributed by atoms with Crippen molar-refractivity contribution in [2.45, 2.75) is 13.3 Å². The Bertz CT molecular complexity index is 1180. The fourth-order valence-corrected chi connectivity index (χ4v) is 4.27. The fraction of sp³-hybridized carbons (Fsp3) is 0.250. The molecule has 4 aromatic rings. The number of piperazine rings is 1. The van der Waals surface area contributed by atoms with Crippen molar-refractivity contribution in [2.75, 3.05) is 32.7 Å². The lowest BCUT2D eigenvalue weighted by molar-refractivity contribution is 0.114. The van der Waals surface area contributed by atoms with Gasteiger partial charge in [-0.1, -0.05) is 72.8 Å². The summed E-state index contributed by atoms with van der Waals surface area (Å²) < 4.78 is 8.34. The first-order valence-corrected chi connectivity index (χ1v) is 11.6. The van der Waals surface area contributed by atoms with Gasteiger partial charge in [-0.05, 0) is 29.8 Å². The maximum absolute atomic E-state index is 6.03. The van der Waals surface area contributed by atoms with Crippen LogP contribution in [0.25, 0.3) is 17.1 Å². The maximum Gasteiger partial charge on any atom is 0.149 e. The summed E-state index contributed by atoms with van der Waals surface area (Å²) in [6.07, 6.45) is 4.48. The molecule has 1 aliphatic heterocycles. The summed E-state index contributed by atoms with van der Waals surface area (Å²) in [5.41, 5.74) is 3.44. The molecule has 0 spiro atoms. The first-order chi connectivity index (χ1) is 16.3. The zero-order valence-corrected chi connectivity index (χ0v) is 18.9. The van der Waals surface area contributed by atoms with Gasteiger partial charge >= 0.3 is 0 Å². The van der Waals surface area contributed by atoms with Crippen LogP contribution in [0.3, 0.4) is 0 Å². The number of para-hydroxylation sites is 3. The van der Waals surface area contributed by atoms with Gasteiger partial charge in [0.15, 0.2) is 0 Å². The molecule has 1 aliphatic rings.